The number of aliphatic imine (C=N–C) groups is 1. The number of carbonyl (C=O) groups excluding carboxylic acids is 2. The van der Waals surface area contributed by atoms with Crippen molar-refractivity contribution in [2.45, 2.75) is 37.9 Å². The molecule has 1 atom stereocenters. The first-order valence-corrected chi connectivity index (χ1v) is 8.12. The largest absolute Gasteiger partial charge is 0.468 e. The molecule has 0 heterocycles. The van der Waals surface area contributed by atoms with Crippen molar-refractivity contribution in [1.82, 2.24) is 0 Å². The normalized spacial score (nSPS) is 13.0. The Hall–Kier alpha value is -1.56. The van der Waals surface area contributed by atoms with Gasteiger partial charge in [0, 0.05) is 13.5 Å². The molecule has 0 aromatic carbocycles. The van der Waals surface area contributed by atoms with Gasteiger partial charge in [0.15, 0.2) is 0 Å². The van der Waals surface area contributed by atoms with Crippen LogP contribution in [0.1, 0.15) is 32.6 Å². The zero-order valence-corrected chi connectivity index (χ0v) is 14.4. The van der Waals surface area contributed by atoms with Crippen LogP contribution >= 0.6 is 11.8 Å². The molecule has 0 amide bonds. The van der Waals surface area contributed by atoms with Gasteiger partial charge in [0.2, 0.25) is 0 Å². The van der Waals surface area contributed by atoms with E-state index in [2.05, 4.69) is 11.6 Å². The van der Waals surface area contributed by atoms with Crippen LogP contribution in [0.3, 0.4) is 0 Å². The van der Waals surface area contributed by atoms with Crippen LogP contribution in [-0.4, -0.2) is 43.0 Å². The fraction of sp³-hybridized carbons (Fsp3) is 0.562. The number of esters is 2. The van der Waals surface area contributed by atoms with Crippen molar-refractivity contribution in [3.05, 3.63) is 24.8 Å². The fourth-order valence-corrected chi connectivity index (χ4v) is 2.57. The van der Waals surface area contributed by atoms with E-state index in [1.165, 1.54) is 18.9 Å². The zero-order chi connectivity index (χ0) is 16.8. The summed E-state index contributed by atoms with van der Waals surface area (Å²) in [6.07, 6.45) is 7.38. The van der Waals surface area contributed by atoms with Gasteiger partial charge in [0.1, 0.15) is 5.25 Å². The smallest absolute Gasteiger partial charge is 0.319 e. The highest BCUT2D eigenvalue weighted by Crippen LogP contribution is 2.21. The molecule has 0 saturated carbocycles. The summed E-state index contributed by atoms with van der Waals surface area (Å²) in [6.45, 7) is 5.98. The quantitative estimate of drug-likeness (QED) is 0.267. The Morgan fingerprint density at radius 2 is 2.14 bits per heavy atom. The van der Waals surface area contributed by atoms with Gasteiger partial charge in [-0.3, -0.25) is 14.6 Å². The van der Waals surface area contributed by atoms with E-state index in [9.17, 15) is 9.59 Å². The van der Waals surface area contributed by atoms with Crippen molar-refractivity contribution < 1.29 is 19.1 Å². The number of hydrogen-bond donors (Lipinski definition) is 0. The van der Waals surface area contributed by atoms with Crippen molar-refractivity contribution in [2.75, 3.05) is 20.8 Å². The standard InChI is InChI=1S/C16H25NO4S/c1-5-7-10-14(17-3)22-13(16(19)20-4)9-8-11-15(18)21-12-6-2/h5,7,10,13H,1,6,8-9,11-12H2,2-4H3. The summed E-state index contributed by atoms with van der Waals surface area (Å²) >= 11 is 1.32. The molecule has 0 aromatic heterocycles. The zero-order valence-electron chi connectivity index (χ0n) is 13.5. The van der Waals surface area contributed by atoms with Gasteiger partial charge in [0.25, 0.3) is 0 Å². The lowest BCUT2D eigenvalue weighted by molar-refractivity contribution is -0.144. The van der Waals surface area contributed by atoms with E-state index in [4.69, 9.17) is 9.47 Å². The second kappa shape index (κ2) is 13.1. The maximum atomic E-state index is 11.8. The van der Waals surface area contributed by atoms with E-state index < -0.39 is 5.25 Å². The van der Waals surface area contributed by atoms with Crippen LogP contribution in [0.2, 0.25) is 0 Å². The summed E-state index contributed by atoms with van der Waals surface area (Å²) in [6, 6.07) is 0. The molecule has 22 heavy (non-hydrogen) atoms. The lowest BCUT2D eigenvalue weighted by Gasteiger charge is -2.13. The van der Waals surface area contributed by atoms with Crippen molar-refractivity contribution >= 4 is 28.7 Å². The molecule has 5 nitrogen and oxygen atoms in total. The number of carbonyl (C=O) groups is 2. The molecule has 0 aromatic rings. The Labute approximate surface area is 136 Å². The predicted molar refractivity (Wildman–Crippen MR) is 91.2 cm³/mol. The van der Waals surface area contributed by atoms with Crippen LogP contribution in [0.15, 0.2) is 29.8 Å². The molecule has 0 rings (SSSR count). The third-order valence-electron chi connectivity index (χ3n) is 2.64. The highest BCUT2D eigenvalue weighted by molar-refractivity contribution is 8.15. The van der Waals surface area contributed by atoms with Gasteiger partial charge < -0.3 is 9.47 Å². The molecule has 0 saturated heterocycles. The van der Waals surface area contributed by atoms with Crippen molar-refractivity contribution in [3.8, 4) is 0 Å². The highest BCUT2D eigenvalue weighted by atomic mass is 32.2. The fourth-order valence-electron chi connectivity index (χ4n) is 1.54. The highest BCUT2D eigenvalue weighted by Gasteiger charge is 2.21. The van der Waals surface area contributed by atoms with Gasteiger partial charge in [-0.25, -0.2) is 0 Å². The minimum absolute atomic E-state index is 0.230. The van der Waals surface area contributed by atoms with E-state index in [1.54, 1.807) is 25.3 Å². The van der Waals surface area contributed by atoms with E-state index in [-0.39, 0.29) is 11.9 Å². The lowest BCUT2D eigenvalue weighted by Crippen LogP contribution is -2.21. The van der Waals surface area contributed by atoms with Gasteiger partial charge in [-0.15, -0.1) is 0 Å². The molecule has 0 aliphatic heterocycles. The van der Waals surface area contributed by atoms with Crippen LogP contribution in [0.5, 0.6) is 0 Å². The third kappa shape index (κ3) is 9.39. The summed E-state index contributed by atoms with van der Waals surface area (Å²) in [4.78, 5) is 27.4. The number of thioether (sulfide) groups is 1. The number of methoxy groups -OCH3 is 1. The maximum absolute atomic E-state index is 11.8. The first-order valence-electron chi connectivity index (χ1n) is 7.25. The first-order chi connectivity index (χ1) is 10.6. The van der Waals surface area contributed by atoms with Gasteiger partial charge in [0.05, 0.1) is 18.8 Å². The Morgan fingerprint density at radius 3 is 2.68 bits per heavy atom. The van der Waals surface area contributed by atoms with Gasteiger partial charge >= 0.3 is 11.9 Å². The van der Waals surface area contributed by atoms with Crippen molar-refractivity contribution in [2.24, 2.45) is 4.99 Å². The average Bonchev–Trinajstić information content (AvgIpc) is 2.54. The summed E-state index contributed by atoms with van der Waals surface area (Å²) < 4.78 is 9.82. The van der Waals surface area contributed by atoms with E-state index >= 15 is 0 Å². The topological polar surface area (TPSA) is 65.0 Å². The molecular weight excluding hydrogens is 302 g/mol. The van der Waals surface area contributed by atoms with Crippen LogP contribution < -0.4 is 0 Å². The van der Waals surface area contributed by atoms with Crippen molar-refractivity contribution in [3.63, 3.8) is 0 Å². The predicted octanol–water partition coefficient (Wildman–Crippen LogP) is 3.16. The molecule has 0 bridgehead atoms. The number of ether oxygens (including phenoxy) is 2. The van der Waals surface area contributed by atoms with Gasteiger partial charge in [-0.2, -0.15) is 0 Å². The van der Waals surface area contributed by atoms with Crippen LogP contribution in [-0.2, 0) is 19.1 Å². The molecule has 0 aliphatic rings. The minimum Gasteiger partial charge on any atom is -0.468 e. The third-order valence-corrected chi connectivity index (χ3v) is 3.91. The molecule has 0 radical (unpaired) electrons. The van der Waals surface area contributed by atoms with Crippen LogP contribution in [0.4, 0.5) is 0 Å². The Balaban J connectivity index is 4.47. The Kier molecular flexibility index (Phi) is 12.2. The molecule has 0 N–H and O–H groups in total. The Morgan fingerprint density at radius 1 is 1.41 bits per heavy atom. The first kappa shape index (κ1) is 20.4. The van der Waals surface area contributed by atoms with Crippen molar-refractivity contribution in [1.29, 1.82) is 0 Å². The van der Waals surface area contributed by atoms with Gasteiger partial charge in [-0.05, 0) is 25.3 Å². The number of rotatable bonds is 10. The molecule has 124 valence electrons. The SMILES string of the molecule is C=CC=CC(=NC)SC(CCCC(=O)OCCC)C(=O)OC. The average molecular weight is 327 g/mol. The molecule has 6 heteroatoms. The number of allylic oxidation sites excluding steroid dienone is 2. The van der Waals surface area contributed by atoms with Gasteiger partial charge in [-0.1, -0.05) is 37.4 Å². The van der Waals surface area contributed by atoms with Crippen LogP contribution in [0.25, 0.3) is 0 Å². The Bertz CT molecular complexity index is 418. The molecular formula is C16H25NO4S. The van der Waals surface area contributed by atoms with Crippen LogP contribution in [0, 0.1) is 0 Å². The summed E-state index contributed by atoms with van der Waals surface area (Å²) in [7, 11) is 3.01. The molecule has 0 spiro atoms. The maximum Gasteiger partial charge on any atom is 0.319 e. The number of nitrogens with zero attached hydrogens (tertiary/aromatic N) is 1. The van der Waals surface area contributed by atoms with E-state index in [1.807, 2.05) is 6.92 Å². The monoisotopic (exact) mass is 327 g/mol. The minimum atomic E-state index is -0.392. The second-order valence-corrected chi connectivity index (χ2v) is 5.62. The second-order valence-electron chi connectivity index (χ2n) is 4.40. The summed E-state index contributed by atoms with van der Waals surface area (Å²) in [5.41, 5.74) is 0. The molecule has 0 fully saturated rings. The molecule has 0 aliphatic carbocycles. The lowest BCUT2D eigenvalue weighted by atomic mass is 10.2. The molecule has 1 unspecified atom stereocenters. The van der Waals surface area contributed by atoms with E-state index in [0.29, 0.717) is 30.9 Å². The van der Waals surface area contributed by atoms with E-state index in [0.717, 1.165) is 6.42 Å². The summed E-state index contributed by atoms with van der Waals surface area (Å²) in [5.74, 6) is -0.550. The summed E-state index contributed by atoms with van der Waals surface area (Å²) in [5, 5.41) is 0.320. The number of hydrogen-bond acceptors (Lipinski definition) is 6.